The number of nitrogens with zero attached hydrogens (tertiary/aromatic N) is 6. The van der Waals surface area contributed by atoms with Crippen molar-refractivity contribution >= 4 is 59.4 Å². The van der Waals surface area contributed by atoms with E-state index in [1.807, 2.05) is 174 Å². The molecule has 3 amide bonds. The smallest absolute Gasteiger partial charge is 0.266 e. The Kier molecular flexibility index (Phi) is 13.0. The second kappa shape index (κ2) is 20.5. The molecule has 0 bridgehead atoms. The van der Waals surface area contributed by atoms with Crippen molar-refractivity contribution < 1.29 is 38.4 Å². The number of aromatic nitrogens is 3. The molecule has 13 rings (SSSR count). The average Bonchev–Trinajstić information content (AvgIpc) is 4.25. The summed E-state index contributed by atoms with van der Waals surface area (Å²) in [4.78, 5) is 51.0. The molecular weight excluding hydrogens is 1030 g/mol. The van der Waals surface area contributed by atoms with Crippen LogP contribution in [0.2, 0.25) is 18.6 Å². The monoisotopic (exact) mass is 1090 g/mol. The van der Waals surface area contributed by atoms with Gasteiger partial charge in [0.05, 0.1) is 74.2 Å². The minimum atomic E-state index is -2.63. The van der Waals surface area contributed by atoms with E-state index in [-0.39, 0.29) is 42.3 Å². The summed E-state index contributed by atoms with van der Waals surface area (Å²) in [5.74, 6) is 1.27. The Hall–Kier alpha value is -9.15. The molecule has 5 heterocycles. The molecule has 1 spiro atoms. The Balaban J connectivity index is 0.916. The number of para-hydroxylation sites is 6. The van der Waals surface area contributed by atoms with Gasteiger partial charge in [0.1, 0.15) is 17.2 Å². The third-order valence-corrected chi connectivity index (χ3v) is 21.2. The fourth-order valence-electron chi connectivity index (χ4n) is 12.8. The highest BCUT2D eigenvalue weighted by molar-refractivity contribution is 6.91. The first-order chi connectivity index (χ1) is 39.5. The lowest BCUT2D eigenvalue weighted by atomic mass is 9.82. The number of carbonyl (C=O) groups excluding carboxylic acids is 3. The Morgan fingerprint density at radius 2 is 1.22 bits per heavy atom. The largest absolute Gasteiger partial charge is 0.497 e. The molecule has 404 valence electrons. The van der Waals surface area contributed by atoms with Crippen LogP contribution in [-0.2, 0) is 28.2 Å². The molecule has 9 aromatic rings. The second-order valence-electron chi connectivity index (χ2n) is 21.7. The topological polar surface area (TPSA) is 149 Å². The lowest BCUT2D eigenvalue weighted by Crippen LogP contribution is -2.51. The molecule has 1 N–H and O–H groups in total. The first-order valence-electron chi connectivity index (χ1n) is 27.3. The zero-order chi connectivity index (χ0) is 55.6. The summed E-state index contributed by atoms with van der Waals surface area (Å²) in [6.45, 7) is 7.33. The van der Waals surface area contributed by atoms with Crippen molar-refractivity contribution in [1.29, 1.82) is 0 Å². The van der Waals surface area contributed by atoms with Crippen LogP contribution < -0.4 is 34.1 Å². The van der Waals surface area contributed by atoms with E-state index >= 15 is 9.59 Å². The third kappa shape index (κ3) is 8.67. The Labute approximate surface area is 470 Å². The molecule has 4 aliphatic heterocycles. The maximum Gasteiger partial charge on any atom is 0.266 e. The highest BCUT2D eigenvalue weighted by Crippen LogP contribution is 2.61. The molecule has 0 radical (unpaired) electrons. The maximum atomic E-state index is 16.4. The molecule has 81 heavy (non-hydrogen) atoms. The van der Waals surface area contributed by atoms with Gasteiger partial charge in [-0.1, -0.05) is 134 Å². The van der Waals surface area contributed by atoms with E-state index in [9.17, 15) is 9.90 Å². The Morgan fingerprint density at radius 1 is 0.654 bits per heavy atom. The summed E-state index contributed by atoms with van der Waals surface area (Å²) >= 11 is 0. The third-order valence-electron chi connectivity index (χ3n) is 16.8. The summed E-state index contributed by atoms with van der Waals surface area (Å²) in [6, 6.07) is 61.0. The van der Waals surface area contributed by atoms with Crippen LogP contribution in [0.3, 0.4) is 0 Å². The van der Waals surface area contributed by atoms with Crippen LogP contribution in [0.5, 0.6) is 28.7 Å². The number of methoxy groups -OCH3 is 1. The van der Waals surface area contributed by atoms with Crippen LogP contribution in [0.1, 0.15) is 62.4 Å². The first kappa shape index (κ1) is 51.3. The van der Waals surface area contributed by atoms with E-state index in [0.717, 1.165) is 16.9 Å². The predicted octanol–water partition coefficient (Wildman–Crippen LogP) is 12.4. The average molecular weight is 1090 g/mol. The normalized spacial score (nSPS) is 19.4. The van der Waals surface area contributed by atoms with Gasteiger partial charge in [0.15, 0.2) is 17.1 Å². The Morgan fingerprint density at radius 3 is 1.84 bits per heavy atom. The van der Waals surface area contributed by atoms with E-state index in [2.05, 4.69) is 42.5 Å². The van der Waals surface area contributed by atoms with E-state index in [4.69, 9.17) is 18.9 Å². The number of carbonyl (C=O) groups is 3. The number of rotatable bonds is 13. The lowest BCUT2D eigenvalue weighted by Gasteiger charge is -2.37. The SMILES string of the molecule is COc1ccc([Si](C)(C)[C@@H]2[C@@H](CCn3cc(C(CO)c4ccccc4)nn3)O[C@]3(C(=O)N(Cc4ccc(N5C(=O)c6ccccc6Oc6ccccc65)cc4)c4ccc(N5C(=O)c6ccccc6Oc6ccccc65)cc43)[C@H]2C)cc1. The molecule has 1 unspecified atom stereocenters. The number of hydrogen-bond donors (Lipinski definition) is 1. The number of anilines is 5. The van der Waals surface area contributed by atoms with Gasteiger partial charge < -0.3 is 29.0 Å². The van der Waals surface area contributed by atoms with E-state index in [1.54, 1.807) is 41.2 Å². The van der Waals surface area contributed by atoms with Gasteiger partial charge >= 0.3 is 0 Å². The molecule has 14 nitrogen and oxygen atoms in total. The number of ether oxygens (including phenoxy) is 4. The summed E-state index contributed by atoms with van der Waals surface area (Å²) in [5, 5.41) is 20.9. The standard InChI is InChI=1S/C66H58N6O8Si/c1-42-62(81(3,4)48-33-31-47(77-2)32-34-48)61(36-37-69-40-53(67-68-69)51(41-73)44-16-6-5-7-17-44)80-66(42)52-38-46(72-56-21-11-15-25-60(56)79-58-23-13-9-19-50(58)64(72)75)30-35-54(52)70(65(66)76)39-43-26-28-45(29-27-43)71-55-20-10-14-24-59(55)78-57-22-12-8-18-49(57)63(71)74/h5-35,38,40,42,51,61-62,73H,36-37,39,41H2,1-4H3/t42-,51?,61+,62-,66+/m0/s1. The van der Waals surface area contributed by atoms with E-state index in [0.29, 0.717) is 86.8 Å². The summed E-state index contributed by atoms with van der Waals surface area (Å²) < 4.78 is 27.9. The minimum Gasteiger partial charge on any atom is -0.497 e. The Bertz CT molecular complexity index is 3890. The highest BCUT2D eigenvalue weighted by Gasteiger charge is 2.66. The van der Waals surface area contributed by atoms with Crippen molar-refractivity contribution in [2.75, 3.05) is 28.4 Å². The quantitative estimate of drug-likeness (QED) is 0.111. The molecule has 1 fully saturated rings. The molecule has 0 saturated carbocycles. The van der Waals surface area contributed by atoms with Crippen molar-refractivity contribution in [3.63, 3.8) is 0 Å². The van der Waals surface area contributed by atoms with Gasteiger partial charge in [0.25, 0.3) is 17.7 Å². The van der Waals surface area contributed by atoms with Gasteiger partial charge in [-0.3, -0.25) is 28.9 Å². The molecule has 15 heteroatoms. The minimum absolute atomic E-state index is 0.131. The zero-order valence-electron chi connectivity index (χ0n) is 45.2. The number of hydrogen-bond acceptors (Lipinski definition) is 10. The number of aliphatic hydroxyl groups is 1. The van der Waals surface area contributed by atoms with Crippen LogP contribution in [0, 0.1) is 5.92 Å². The molecule has 1 aromatic heterocycles. The number of aryl methyl sites for hydroxylation is 1. The molecule has 8 aromatic carbocycles. The number of fused-ring (bicyclic) bond motifs is 6. The fraction of sp³-hybridized carbons (Fsp3) is 0.197. The van der Waals surface area contributed by atoms with Gasteiger partial charge in [0, 0.05) is 35.6 Å². The summed E-state index contributed by atoms with van der Waals surface area (Å²) in [7, 11) is -0.971. The molecule has 4 aliphatic rings. The van der Waals surface area contributed by atoms with Crippen LogP contribution in [0.4, 0.5) is 28.4 Å². The van der Waals surface area contributed by atoms with Gasteiger partial charge in [-0.05, 0) is 114 Å². The van der Waals surface area contributed by atoms with Crippen molar-refractivity contribution in [3.8, 4) is 28.7 Å². The van der Waals surface area contributed by atoms with Crippen molar-refractivity contribution in [2.24, 2.45) is 5.92 Å². The van der Waals surface area contributed by atoms with Crippen LogP contribution in [0.15, 0.2) is 200 Å². The van der Waals surface area contributed by atoms with Crippen LogP contribution >= 0.6 is 0 Å². The molecule has 1 saturated heterocycles. The van der Waals surface area contributed by atoms with E-state index < -0.39 is 25.7 Å². The molecule has 0 aliphatic carbocycles. The van der Waals surface area contributed by atoms with E-state index in [1.165, 1.54) is 5.19 Å². The maximum absolute atomic E-state index is 16.4. The number of amides is 3. The second-order valence-corrected chi connectivity index (χ2v) is 26.4. The van der Waals surface area contributed by atoms with Crippen LogP contribution in [-0.4, -0.2) is 65.7 Å². The summed E-state index contributed by atoms with van der Waals surface area (Å²) in [6.07, 6.45) is 1.93. The van der Waals surface area contributed by atoms with Gasteiger partial charge in [-0.15, -0.1) is 5.10 Å². The summed E-state index contributed by atoms with van der Waals surface area (Å²) in [5.41, 5.74) is 5.27. The molecule has 5 atom stereocenters. The van der Waals surface area contributed by atoms with Gasteiger partial charge in [-0.2, -0.15) is 0 Å². The van der Waals surface area contributed by atoms with Gasteiger partial charge in [-0.25, -0.2) is 0 Å². The van der Waals surface area contributed by atoms with Crippen LogP contribution in [0.25, 0.3) is 0 Å². The first-order valence-corrected chi connectivity index (χ1v) is 30.4. The van der Waals surface area contributed by atoms with Crippen molar-refractivity contribution in [1.82, 2.24) is 15.0 Å². The highest BCUT2D eigenvalue weighted by atomic mass is 28.3. The fourth-order valence-corrected chi connectivity index (χ4v) is 16.9. The van der Waals surface area contributed by atoms with Crippen molar-refractivity contribution in [2.45, 2.75) is 62.7 Å². The lowest BCUT2D eigenvalue weighted by molar-refractivity contribution is -0.146. The van der Waals surface area contributed by atoms with Crippen molar-refractivity contribution in [3.05, 3.63) is 234 Å². The number of aliphatic hydroxyl groups excluding tert-OH is 1. The number of benzene rings is 8. The van der Waals surface area contributed by atoms with Gasteiger partial charge in [0.2, 0.25) is 0 Å². The molecular formula is C66H58N6O8Si. The zero-order valence-corrected chi connectivity index (χ0v) is 46.2. The predicted molar refractivity (Wildman–Crippen MR) is 313 cm³/mol.